The van der Waals surface area contributed by atoms with Gasteiger partial charge in [0.15, 0.2) is 0 Å². The van der Waals surface area contributed by atoms with Crippen LogP contribution in [-0.2, 0) is 9.53 Å². The van der Waals surface area contributed by atoms with Crippen LogP contribution in [0.15, 0.2) is 24.3 Å². The van der Waals surface area contributed by atoms with E-state index in [0.717, 1.165) is 5.75 Å². The topological polar surface area (TPSA) is 61.5 Å². The van der Waals surface area contributed by atoms with Crippen LogP contribution in [-0.4, -0.2) is 19.2 Å². The summed E-state index contributed by atoms with van der Waals surface area (Å²) >= 11 is 0. The molecule has 0 spiro atoms. The minimum atomic E-state index is -0.738. The SMILES string of the molecule is COC(=O)[C@@H](N)c1ccc(OC(C)C)cc1.Cl. The van der Waals surface area contributed by atoms with Crippen LogP contribution in [0.4, 0.5) is 0 Å². The summed E-state index contributed by atoms with van der Waals surface area (Å²) in [6, 6.07) is 6.37. The number of nitrogens with two attached hydrogens (primary N) is 1. The van der Waals surface area contributed by atoms with E-state index in [4.69, 9.17) is 10.5 Å². The van der Waals surface area contributed by atoms with Gasteiger partial charge in [0.25, 0.3) is 0 Å². The number of ether oxygens (including phenoxy) is 2. The van der Waals surface area contributed by atoms with Crippen LogP contribution in [0.1, 0.15) is 25.5 Å². The molecule has 0 radical (unpaired) electrons. The van der Waals surface area contributed by atoms with Gasteiger partial charge in [-0.3, -0.25) is 4.79 Å². The highest BCUT2D eigenvalue weighted by Gasteiger charge is 2.15. The number of carbonyl (C=O) groups excluding carboxylic acids is 1. The Kier molecular flexibility index (Phi) is 6.61. The molecule has 1 rings (SSSR count). The molecule has 4 nitrogen and oxygen atoms in total. The van der Waals surface area contributed by atoms with Crippen molar-refractivity contribution in [3.8, 4) is 5.75 Å². The summed E-state index contributed by atoms with van der Waals surface area (Å²) in [6.45, 7) is 3.90. The van der Waals surface area contributed by atoms with Crippen LogP contribution in [0.2, 0.25) is 0 Å². The molecule has 0 aliphatic heterocycles. The fraction of sp³-hybridized carbons (Fsp3) is 0.417. The summed E-state index contributed by atoms with van der Waals surface area (Å²) in [5, 5.41) is 0. The van der Waals surface area contributed by atoms with Gasteiger partial charge in [0.05, 0.1) is 13.2 Å². The Balaban J connectivity index is 0.00000256. The molecule has 0 bridgehead atoms. The van der Waals surface area contributed by atoms with E-state index in [0.29, 0.717) is 5.56 Å². The van der Waals surface area contributed by atoms with Crippen LogP contribution in [0, 0.1) is 0 Å². The minimum absolute atomic E-state index is 0. The highest BCUT2D eigenvalue weighted by Crippen LogP contribution is 2.18. The van der Waals surface area contributed by atoms with Crippen molar-refractivity contribution in [2.75, 3.05) is 7.11 Å². The highest BCUT2D eigenvalue weighted by atomic mass is 35.5. The minimum Gasteiger partial charge on any atom is -0.491 e. The molecule has 0 aliphatic rings. The average molecular weight is 260 g/mol. The van der Waals surface area contributed by atoms with E-state index in [2.05, 4.69) is 4.74 Å². The van der Waals surface area contributed by atoms with Crippen molar-refractivity contribution in [1.29, 1.82) is 0 Å². The lowest BCUT2D eigenvalue weighted by molar-refractivity contribution is -0.142. The molecule has 1 atom stereocenters. The fourth-order valence-corrected chi connectivity index (χ4v) is 1.29. The molecule has 0 aliphatic carbocycles. The van der Waals surface area contributed by atoms with E-state index in [-0.39, 0.29) is 18.5 Å². The zero-order chi connectivity index (χ0) is 12.1. The van der Waals surface area contributed by atoms with Gasteiger partial charge in [0.2, 0.25) is 0 Å². The lowest BCUT2D eigenvalue weighted by Gasteiger charge is -2.12. The molecule has 1 aromatic carbocycles. The molecule has 1 aromatic rings. The molecule has 17 heavy (non-hydrogen) atoms. The maximum Gasteiger partial charge on any atom is 0.327 e. The molecular formula is C12H18ClNO3. The van der Waals surface area contributed by atoms with Gasteiger partial charge in [0.1, 0.15) is 11.8 Å². The number of carbonyl (C=O) groups is 1. The molecular weight excluding hydrogens is 242 g/mol. The fourth-order valence-electron chi connectivity index (χ4n) is 1.29. The summed E-state index contributed by atoms with van der Waals surface area (Å²) in [5.41, 5.74) is 6.40. The Morgan fingerprint density at radius 1 is 1.24 bits per heavy atom. The van der Waals surface area contributed by atoms with Crippen molar-refractivity contribution in [3.63, 3.8) is 0 Å². The quantitative estimate of drug-likeness (QED) is 0.841. The molecule has 0 saturated carbocycles. The summed E-state index contributed by atoms with van der Waals surface area (Å²) in [7, 11) is 1.32. The zero-order valence-electron chi connectivity index (χ0n) is 10.2. The first-order chi connectivity index (χ1) is 7.54. The second kappa shape index (κ2) is 7.14. The van der Waals surface area contributed by atoms with Crippen molar-refractivity contribution < 1.29 is 14.3 Å². The Bertz CT molecular complexity index is 351. The van der Waals surface area contributed by atoms with E-state index < -0.39 is 12.0 Å². The molecule has 0 saturated heterocycles. The summed E-state index contributed by atoms with van der Waals surface area (Å²) < 4.78 is 10.0. The van der Waals surface area contributed by atoms with Crippen molar-refractivity contribution in [3.05, 3.63) is 29.8 Å². The lowest BCUT2D eigenvalue weighted by Crippen LogP contribution is -2.22. The largest absolute Gasteiger partial charge is 0.491 e. The van der Waals surface area contributed by atoms with Gasteiger partial charge >= 0.3 is 5.97 Å². The van der Waals surface area contributed by atoms with Crippen molar-refractivity contribution in [1.82, 2.24) is 0 Å². The normalized spacial score (nSPS) is 11.6. The number of halogens is 1. The second-order valence-electron chi connectivity index (χ2n) is 3.74. The van der Waals surface area contributed by atoms with E-state index in [1.165, 1.54) is 7.11 Å². The van der Waals surface area contributed by atoms with Crippen molar-refractivity contribution >= 4 is 18.4 Å². The van der Waals surface area contributed by atoms with Gasteiger partial charge in [0, 0.05) is 0 Å². The third-order valence-electron chi connectivity index (χ3n) is 2.07. The first kappa shape index (κ1) is 15.7. The third-order valence-corrected chi connectivity index (χ3v) is 2.07. The van der Waals surface area contributed by atoms with E-state index >= 15 is 0 Å². The molecule has 0 fully saturated rings. The first-order valence-corrected chi connectivity index (χ1v) is 5.14. The summed E-state index contributed by atoms with van der Waals surface area (Å²) in [5.74, 6) is 0.313. The van der Waals surface area contributed by atoms with Gasteiger partial charge in [-0.05, 0) is 31.5 Å². The molecule has 2 N–H and O–H groups in total. The van der Waals surface area contributed by atoms with Crippen molar-refractivity contribution in [2.24, 2.45) is 5.73 Å². The van der Waals surface area contributed by atoms with Gasteiger partial charge in [-0.25, -0.2) is 0 Å². The highest BCUT2D eigenvalue weighted by molar-refractivity contribution is 5.85. The van der Waals surface area contributed by atoms with Gasteiger partial charge in [-0.2, -0.15) is 0 Å². The zero-order valence-corrected chi connectivity index (χ0v) is 11.0. The summed E-state index contributed by atoms with van der Waals surface area (Å²) in [6.07, 6.45) is 0.125. The van der Waals surface area contributed by atoms with Crippen LogP contribution < -0.4 is 10.5 Å². The molecule has 96 valence electrons. The third kappa shape index (κ3) is 4.63. The van der Waals surface area contributed by atoms with Crippen LogP contribution >= 0.6 is 12.4 Å². The molecule has 0 heterocycles. The predicted octanol–water partition coefficient (Wildman–Crippen LogP) is 2.07. The van der Waals surface area contributed by atoms with E-state index in [9.17, 15) is 4.79 Å². The predicted molar refractivity (Wildman–Crippen MR) is 68.4 cm³/mol. The van der Waals surface area contributed by atoms with Gasteiger partial charge < -0.3 is 15.2 Å². The Hall–Kier alpha value is -1.26. The van der Waals surface area contributed by atoms with E-state index in [1.54, 1.807) is 24.3 Å². The lowest BCUT2D eigenvalue weighted by atomic mass is 10.1. The summed E-state index contributed by atoms with van der Waals surface area (Å²) in [4.78, 5) is 11.2. The smallest absolute Gasteiger partial charge is 0.327 e. The number of esters is 1. The maximum atomic E-state index is 11.2. The Labute approximate surface area is 108 Å². The number of hydrogen-bond acceptors (Lipinski definition) is 4. The maximum absolute atomic E-state index is 11.2. The standard InChI is InChI=1S/C12H17NO3.ClH/c1-8(2)16-10-6-4-9(5-7-10)11(13)12(14)15-3;/h4-8,11H,13H2,1-3H3;1H/t11-;/m0./s1. The number of benzene rings is 1. The van der Waals surface area contributed by atoms with Crippen molar-refractivity contribution in [2.45, 2.75) is 26.0 Å². The Morgan fingerprint density at radius 3 is 2.18 bits per heavy atom. The molecule has 0 aromatic heterocycles. The van der Waals surface area contributed by atoms with E-state index in [1.807, 2.05) is 13.8 Å². The number of hydrogen-bond donors (Lipinski definition) is 1. The molecule has 0 unspecified atom stereocenters. The molecule has 0 amide bonds. The average Bonchev–Trinajstić information content (AvgIpc) is 2.27. The second-order valence-corrected chi connectivity index (χ2v) is 3.74. The van der Waals surface area contributed by atoms with Gasteiger partial charge in [-0.15, -0.1) is 12.4 Å². The number of rotatable bonds is 4. The van der Waals surface area contributed by atoms with Crippen LogP contribution in [0.25, 0.3) is 0 Å². The monoisotopic (exact) mass is 259 g/mol. The molecule has 5 heteroatoms. The first-order valence-electron chi connectivity index (χ1n) is 5.14. The van der Waals surface area contributed by atoms with Crippen LogP contribution in [0.3, 0.4) is 0 Å². The number of methoxy groups -OCH3 is 1. The Morgan fingerprint density at radius 2 is 1.76 bits per heavy atom. The van der Waals surface area contributed by atoms with Crippen LogP contribution in [0.5, 0.6) is 5.75 Å². The van der Waals surface area contributed by atoms with Gasteiger partial charge in [-0.1, -0.05) is 12.1 Å².